The van der Waals surface area contributed by atoms with E-state index in [-0.39, 0.29) is 11.7 Å². The van der Waals surface area contributed by atoms with E-state index >= 15 is 0 Å². The summed E-state index contributed by atoms with van der Waals surface area (Å²) in [5.41, 5.74) is 6.18. The van der Waals surface area contributed by atoms with E-state index in [0.717, 1.165) is 14.4 Å². The van der Waals surface area contributed by atoms with Crippen LogP contribution in [0.25, 0.3) is 0 Å². The van der Waals surface area contributed by atoms with E-state index in [1.54, 1.807) is 36.0 Å². The molecule has 0 unspecified atom stereocenters. The summed E-state index contributed by atoms with van der Waals surface area (Å²) in [5.74, 6) is 0.562. The fraction of sp³-hybridized carbons (Fsp3) is 0.231. The maximum Gasteiger partial charge on any atom is 0.248 e. The molecule has 0 saturated heterocycles. The second-order valence-electron chi connectivity index (χ2n) is 4.05. The molecule has 0 radical (unpaired) electrons. The monoisotopic (exact) mass is 354 g/mol. The Kier molecular flexibility index (Phi) is 6.22. The van der Waals surface area contributed by atoms with E-state index in [2.05, 4.69) is 22.4 Å². The van der Waals surface area contributed by atoms with Crippen molar-refractivity contribution in [2.75, 3.05) is 16.8 Å². The molecule has 0 spiro atoms. The lowest BCUT2D eigenvalue weighted by Crippen LogP contribution is -2.14. The molecule has 0 saturated carbocycles. The number of benzene rings is 1. The number of hydrogen-bond donors (Lipinski definition) is 2. The van der Waals surface area contributed by atoms with Gasteiger partial charge in [-0.05, 0) is 30.0 Å². The van der Waals surface area contributed by atoms with Gasteiger partial charge in [0.1, 0.15) is 0 Å². The Hall–Kier alpha value is -1.58. The maximum atomic E-state index is 11.9. The van der Waals surface area contributed by atoms with Crippen molar-refractivity contribution in [1.29, 1.82) is 0 Å². The van der Waals surface area contributed by atoms with Gasteiger partial charge in [0.2, 0.25) is 11.8 Å². The molecular weight excluding hydrogens is 340 g/mol. The first-order valence-corrected chi connectivity index (χ1v) is 9.16. The first-order chi connectivity index (χ1) is 10.6. The summed E-state index contributed by atoms with van der Waals surface area (Å²) in [6.45, 7) is 2.05. The number of hydrogen-bond acceptors (Lipinski definition) is 7. The van der Waals surface area contributed by atoms with E-state index < -0.39 is 5.91 Å². The number of thioether (sulfide) groups is 2. The van der Waals surface area contributed by atoms with Crippen molar-refractivity contribution < 1.29 is 9.59 Å². The van der Waals surface area contributed by atoms with Crippen LogP contribution >= 0.6 is 34.9 Å². The molecule has 2 amide bonds. The van der Waals surface area contributed by atoms with Crippen LogP contribution in [0.5, 0.6) is 0 Å². The van der Waals surface area contributed by atoms with E-state index in [0.29, 0.717) is 11.3 Å². The van der Waals surface area contributed by atoms with Gasteiger partial charge in [0.05, 0.1) is 5.75 Å². The highest BCUT2D eigenvalue weighted by atomic mass is 32.2. The zero-order valence-electron chi connectivity index (χ0n) is 11.7. The van der Waals surface area contributed by atoms with Gasteiger partial charge in [-0.2, -0.15) is 0 Å². The van der Waals surface area contributed by atoms with Gasteiger partial charge in [0.25, 0.3) is 0 Å². The van der Waals surface area contributed by atoms with Gasteiger partial charge < -0.3 is 11.1 Å². The number of amides is 2. The molecule has 22 heavy (non-hydrogen) atoms. The molecule has 0 bridgehead atoms. The molecular formula is C13H14N4O2S3. The number of nitrogens with zero attached hydrogens (tertiary/aromatic N) is 2. The summed E-state index contributed by atoms with van der Waals surface area (Å²) in [4.78, 5) is 22.8. The lowest BCUT2D eigenvalue weighted by molar-refractivity contribution is -0.113. The van der Waals surface area contributed by atoms with Crippen molar-refractivity contribution in [2.24, 2.45) is 5.73 Å². The van der Waals surface area contributed by atoms with Gasteiger partial charge in [0, 0.05) is 11.3 Å². The molecule has 2 aromatic rings. The lowest BCUT2D eigenvalue weighted by atomic mass is 10.2. The summed E-state index contributed by atoms with van der Waals surface area (Å²) in [7, 11) is 0. The number of aromatic nitrogens is 2. The van der Waals surface area contributed by atoms with Crippen LogP contribution in [0.2, 0.25) is 0 Å². The minimum absolute atomic E-state index is 0.142. The van der Waals surface area contributed by atoms with Crippen LogP contribution < -0.4 is 11.1 Å². The molecule has 0 atom stereocenters. The number of carbonyl (C=O) groups is 2. The van der Waals surface area contributed by atoms with Crippen LogP contribution in [-0.2, 0) is 4.79 Å². The predicted molar refractivity (Wildman–Crippen MR) is 90.6 cm³/mol. The molecule has 0 aliphatic carbocycles. The van der Waals surface area contributed by atoms with Crippen LogP contribution in [0, 0.1) is 0 Å². The number of nitrogens with one attached hydrogen (secondary N) is 1. The van der Waals surface area contributed by atoms with E-state index in [1.165, 1.54) is 23.1 Å². The highest BCUT2D eigenvalue weighted by Crippen LogP contribution is 2.28. The number of carbonyl (C=O) groups excluding carboxylic acids is 2. The fourth-order valence-electron chi connectivity index (χ4n) is 1.48. The van der Waals surface area contributed by atoms with Crippen molar-refractivity contribution in [1.82, 2.24) is 10.2 Å². The average molecular weight is 354 g/mol. The van der Waals surface area contributed by atoms with Crippen LogP contribution in [0.4, 0.5) is 5.69 Å². The summed E-state index contributed by atoms with van der Waals surface area (Å²) in [6.07, 6.45) is 0. The highest BCUT2D eigenvalue weighted by molar-refractivity contribution is 8.03. The first kappa shape index (κ1) is 16.8. The highest BCUT2D eigenvalue weighted by Gasteiger charge is 2.09. The zero-order chi connectivity index (χ0) is 15.9. The SMILES string of the molecule is CCSc1nnc(SCC(=O)Nc2ccc(C(N)=O)cc2)s1. The third kappa shape index (κ3) is 5.00. The van der Waals surface area contributed by atoms with Crippen molar-refractivity contribution in [3.05, 3.63) is 29.8 Å². The van der Waals surface area contributed by atoms with Gasteiger partial charge in [-0.3, -0.25) is 9.59 Å². The minimum Gasteiger partial charge on any atom is -0.366 e. The normalized spacial score (nSPS) is 10.4. The Labute approximate surface area is 140 Å². The topological polar surface area (TPSA) is 98.0 Å². The van der Waals surface area contributed by atoms with Crippen molar-refractivity contribution in [3.63, 3.8) is 0 Å². The minimum atomic E-state index is -0.495. The molecule has 0 fully saturated rings. The number of anilines is 1. The number of rotatable bonds is 7. The van der Waals surface area contributed by atoms with E-state index in [4.69, 9.17) is 5.73 Å². The third-order valence-electron chi connectivity index (χ3n) is 2.44. The zero-order valence-corrected chi connectivity index (χ0v) is 14.2. The largest absolute Gasteiger partial charge is 0.366 e. The molecule has 0 aliphatic rings. The molecule has 3 N–H and O–H groups in total. The fourth-order valence-corrected chi connectivity index (χ4v) is 4.20. The third-order valence-corrected chi connectivity index (χ3v) is 5.51. The van der Waals surface area contributed by atoms with Gasteiger partial charge >= 0.3 is 0 Å². The quantitative estimate of drug-likeness (QED) is 0.741. The Bertz CT molecular complexity index is 658. The van der Waals surface area contributed by atoms with E-state index in [9.17, 15) is 9.59 Å². The molecule has 0 aliphatic heterocycles. The van der Waals surface area contributed by atoms with Crippen LogP contribution in [0.3, 0.4) is 0 Å². The molecule has 1 heterocycles. The number of primary amides is 1. The second kappa shape index (κ2) is 8.16. The summed E-state index contributed by atoms with van der Waals surface area (Å²) in [6, 6.07) is 6.43. The lowest BCUT2D eigenvalue weighted by Gasteiger charge is -2.04. The summed E-state index contributed by atoms with van der Waals surface area (Å²) in [5, 5.41) is 10.8. The Morgan fingerprint density at radius 2 is 1.82 bits per heavy atom. The number of nitrogens with two attached hydrogens (primary N) is 1. The molecule has 6 nitrogen and oxygen atoms in total. The molecule has 9 heteroatoms. The van der Waals surface area contributed by atoms with Crippen LogP contribution in [-0.4, -0.2) is 33.5 Å². The average Bonchev–Trinajstić information content (AvgIpc) is 2.94. The Morgan fingerprint density at radius 1 is 1.18 bits per heavy atom. The van der Waals surface area contributed by atoms with Crippen molar-refractivity contribution >= 4 is 52.4 Å². The molecule has 1 aromatic heterocycles. The molecule has 1 aromatic carbocycles. The van der Waals surface area contributed by atoms with Gasteiger partial charge in [-0.15, -0.1) is 10.2 Å². The van der Waals surface area contributed by atoms with Crippen molar-refractivity contribution in [3.8, 4) is 0 Å². The standard InChI is InChI=1S/C13H14N4O2S3/c1-2-20-12-16-17-13(22-12)21-7-10(18)15-9-5-3-8(4-6-9)11(14)19/h3-6H,2,7H2,1H3,(H2,14,19)(H,15,18). The van der Waals surface area contributed by atoms with Gasteiger partial charge in [-0.25, -0.2) is 0 Å². The summed E-state index contributed by atoms with van der Waals surface area (Å²) < 4.78 is 1.68. The van der Waals surface area contributed by atoms with E-state index in [1.807, 2.05) is 0 Å². The van der Waals surface area contributed by atoms with Crippen LogP contribution in [0.15, 0.2) is 32.9 Å². The second-order valence-corrected chi connectivity index (χ2v) is 7.76. The molecule has 2 rings (SSSR count). The predicted octanol–water partition coefficient (Wildman–Crippen LogP) is 2.48. The first-order valence-electron chi connectivity index (χ1n) is 6.37. The Balaban J connectivity index is 1.83. The van der Waals surface area contributed by atoms with Gasteiger partial charge in [0.15, 0.2) is 8.68 Å². The molecule has 116 valence electrons. The van der Waals surface area contributed by atoms with Gasteiger partial charge in [-0.1, -0.05) is 41.8 Å². The van der Waals surface area contributed by atoms with Crippen LogP contribution in [0.1, 0.15) is 17.3 Å². The van der Waals surface area contributed by atoms with Crippen molar-refractivity contribution in [2.45, 2.75) is 15.6 Å². The Morgan fingerprint density at radius 3 is 2.41 bits per heavy atom. The maximum absolute atomic E-state index is 11.9. The smallest absolute Gasteiger partial charge is 0.248 e. The summed E-state index contributed by atoms with van der Waals surface area (Å²) >= 11 is 4.46.